The first-order chi connectivity index (χ1) is 16.4. The maximum absolute atomic E-state index is 13.3. The third-order valence-corrected chi connectivity index (χ3v) is 9.88. The number of sulfonamides is 1. The number of aliphatic hydroxyl groups is 1. The molecule has 35 heavy (non-hydrogen) atoms. The normalized spacial score (nSPS) is 24.9. The predicted octanol–water partition coefficient (Wildman–Crippen LogP) is 3.12. The van der Waals surface area contributed by atoms with Gasteiger partial charge in [0.05, 0.1) is 18.8 Å². The Morgan fingerprint density at radius 1 is 1.11 bits per heavy atom. The molecule has 194 valence electrons. The second-order valence-electron chi connectivity index (χ2n) is 9.20. The van der Waals surface area contributed by atoms with Crippen molar-refractivity contribution in [3.8, 4) is 0 Å². The summed E-state index contributed by atoms with van der Waals surface area (Å²) in [4.78, 5) is 4.28. The lowest BCUT2D eigenvalue weighted by Crippen LogP contribution is -2.59. The van der Waals surface area contributed by atoms with Crippen molar-refractivity contribution < 1.29 is 31.4 Å². The molecule has 0 unspecified atom stereocenters. The first kappa shape index (κ1) is 26.4. The van der Waals surface area contributed by atoms with Gasteiger partial charge in [0.2, 0.25) is 0 Å². The summed E-state index contributed by atoms with van der Waals surface area (Å²) >= 11 is 1.18. The zero-order valence-corrected chi connectivity index (χ0v) is 21.2. The average molecular weight is 534 g/mol. The van der Waals surface area contributed by atoms with Gasteiger partial charge in [-0.05, 0) is 43.0 Å². The molecule has 0 aliphatic carbocycles. The van der Waals surface area contributed by atoms with Crippen molar-refractivity contribution in [2.75, 3.05) is 50.8 Å². The summed E-state index contributed by atoms with van der Waals surface area (Å²) in [5.41, 5.74) is -2.51. The number of ether oxygens (including phenoxy) is 1. The smallest absolute Gasteiger partial charge is 0.376 e. The highest BCUT2D eigenvalue weighted by atomic mass is 32.2. The Morgan fingerprint density at radius 3 is 2.43 bits per heavy atom. The van der Waals surface area contributed by atoms with Crippen LogP contribution >= 0.6 is 11.3 Å². The molecule has 2 aliphatic heterocycles. The summed E-state index contributed by atoms with van der Waals surface area (Å²) < 4.78 is 73.6. The molecule has 2 aromatic rings. The molecular weight excluding hydrogens is 503 g/mol. The van der Waals surface area contributed by atoms with Crippen molar-refractivity contribution in [1.82, 2.24) is 9.21 Å². The second-order valence-corrected chi connectivity index (χ2v) is 12.3. The molecular formula is C23H30F3N3O4S2. The number of thiophene rings is 1. The van der Waals surface area contributed by atoms with Crippen LogP contribution in [-0.4, -0.2) is 86.9 Å². The van der Waals surface area contributed by atoms with Gasteiger partial charge in [0.25, 0.3) is 10.0 Å². The van der Waals surface area contributed by atoms with Crippen LogP contribution in [-0.2, 0) is 20.4 Å². The number of hydrogen-bond acceptors (Lipinski definition) is 7. The summed E-state index contributed by atoms with van der Waals surface area (Å²) in [5.74, 6) is 0. The van der Waals surface area contributed by atoms with Gasteiger partial charge < -0.3 is 14.7 Å². The molecule has 0 saturated carbocycles. The van der Waals surface area contributed by atoms with E-state index < -0.39 is 21.8 Å². The molecule has 0 spiro atoms. The third kappa shape index (κ3) is 5.52. The van der Waals surface area contributed by atoms with Crippen LogP contribution < -0.4 is 4.90 Å². The van der Waals surface area contributed by atoms with Crippen LogP contribution in [0.1, 0.15) is 19.4 Å². The number of hydrogen-bond donors (Lipinski definition) is 1. The van der Waals surface area contributed by atoms with E-state index >= 15 is 0 Å². The first-order valence-corrected chi connectivity index (χ1v) is 13.8. The van der Waals surface area contributed by atoms with Crippen LogP contribution in [0.3, 0.4) is 0 Å². The molecule has 2 aliphatic rings. The maximum atomic E-state index is 13.3. The minimum Gasteiger partial charge on any atom is -0.376 e. The van der Waals surface area contributed by atoms with Crippen LogP contribution in [0.2, 0.25) is 0 Å². The first-order valence-electron chi connectivity index (χ1n) is 11.4. The van der Waals surface area contributed by atoms with Crippen LogP contribution in [0.5, 0.6) is 0 Å². The van der Waals surface area contributed by atoms with Crippen molar-refractivity contribution in [2.24, 2.45) is 0 Å². The molecule has 7 nitrogen and oxygen atoms in total. The molecule has 0 bridgehead atoms. The zero-order chi connectivity index (χ0) is 25.4. The van der Waals surface area contributed by atoms with Gasteiger partial charge in [-0.3, -0.25) is 4.90 Å². The fraction of sp³-hybridized carbons (Fsp3) is 0.565. The molecule has 0 amide bonds. The van der Waals surface area contributed by atoms with Crippen LogP contribution in [0.25, 0.3) is 0 Å². The number of morpholine rings is 1. The minimum atomic E-state index is -4.80. The van der Waals surface area contributed by atoms with E-state index in [9.17, 15) is 26.7 Å². The fourth-order valence-corrected chi connectivity index (χ4v) is 7.19. The van der Waals surface area contributed by atoms with Gasteiger partial charge in [-0.25, -0.2) is 8.42 Å². The molecule has 4 rings (SSSR count). The lowest BCUT2D eigenvalue weighted by atomic mass is 9.95. The SMILES string of the molecule is C[C@@H]1CN(C[C@@H]2CN(S(=O)(=O)c3cccs3)CCN2c2ccc([C@](C)(O)C(F)(F)F)cc2)CCO1. The minimum absolute atomic E-state index is 0.0654. The Kier molecular flexibility index (Phi) is 7.52. The van der Waals surface area contributed by atoms with Gasteiger partial charge in [0.1, 0.15) is 4.21 Å². The molecule has 1 aromatic carbocycles. The number of rotatable bonds is 6. The van der Waals surface area contributed by atoms with Crippen LogP contribution in [0.4, 0.5) is 18.9 Å². The molecule has 3 heterocycles. The Labute approximate surface area is 207 Å². The Balaban J connectivity index is 1.59. The quantitative estimate of drug-likeness (QED) is 0.615. The maximum Gasteiger partial charge on any atom is 0.421 e. The van der Waals surface area contributed by atoms with E-state index in [-0.39, 0.29) is 30.8 Å². The Hall–Kier alpha value is -1.70. The van der Waals surface area contributed by atoms with Gasteiger partial charge in [-0.1, -0.05) is 18.2 Å². The highest BCUT2D eigenvalue weighted by Crippen LogP contribution is 2.39. The Bertz CT molecular complexity index is 1090. The Morgan fingerprint density at radius 2 is 1.83 bits per heavy atom. The number of nitrogens with zero attached hydrogens (tertiary/aromatic N) is 3. The molecule has 1 N–H and O–H groups in total. The number of anilines is 1. The van der Waals surface area contributed by atoms with E-state index in [0.29, 0.717) is 29.6 Å². The average Bonchev–Trinajstić information content (AvgIpc) is 3.34. The standard InChI is InChI=1S/C23H30F3N3O4S2/c1-17-14-27(11-12-33-17)15-20-16-28(35(31,32)21-4-3-13-34-21)9-10-29(20)19-7-5-18(6-8-19)22(2,30)23(24,25)26/h3-8,13,17,20,30H,9-12,14-16H2,1-2H3/t17-,20-,22+/m1/s1. The van der Waals surface area contributed by atoms with Crippen LogP contribution in [0.15, 0.2) is 46.0 Å². The molecule has 1 aromatic heterocycles. The van der Waals surface area contributed by atoms with E-state index in [1.165, 1.54) is 27.8 Å². The van der Waals surface area contributed by atoms with Gasteiger partial charge in [0.15, 0.2) is 5.60 Å². The third-order valence-electron chi connectivity index (χ3n) is 6.64. The zero-order valence-electron chi connectivity index (χ0n) is 19.6. The van der Waals surface area contributed by atoms with E-state index in [1.54, 1.807) is 29.6 Å². The van der Waals surface area contributed by atoms with E-state index in [4.69, 9.17) is 4.74 Å². The van der Waals surface area contributed by atoms with Gasteiger partial charge in [-0.15, -0.1) is 11.3 Å². The summed E-state index contributed by atoms with van der Waals surface area (Å²) in [5, 5.41) is 11.7. The van der Waals surface area contributed by atoms with Gasteiger partial charge >= 0.3 is 6.18 Å². The number of alkyl halides is 3. The highest BCUT2D eigenvalue weighted by molar-refractivity contribution is 7.91. The van der Waals surface area contributed by atoms with E-state index in [2.05, 4.69) is 4.90 Å². The molecule has 2 fully saturated rings. The monoisotopic (exact) mass is 533 g/mol. The van der Waals surface area contributed by atoms with E-state index in [1.807, 2.05) is 11.8 Å². The van der Waals surface area contributed by atoms with Crippen molar-refractivity contribution >= 4 is 27.0 Å². The topological polar surface area (TPSA) is 73.3 Å². The van der Waals surface area contributed by atoms with Crippen molar-refractivity contribution in [3.63, 3.8) is 0 Å². The molecule has 0 radical (unpaired) electrons. The second kappa shape index (κ2) is 9.98. The lowest BCUT2D eigenvalue weighted by molar-refractivity contribution is -0.258. The van der Waals surface area contributed by atoms with Crippen molar-refractivity contribution in [1.29, 1.82) is 0 Å². The summed E-state index contributed by atoms with van der Waals surface area (Å²) in [6, 6.07) is 8.78. The summed E-state index contributed by atoms with van der Waals surface area (Å²) in [7, 11) is -3.63. The van der Waals surface area contributed by atoms with Gasteiger partial charge in [0, 0.05) is 45.0 Å². The molecule has 3 atom stereocenters. The molecule has 12 heteroatoms. The predicted molar refractivity (Wildman–Crippen MR) is 128 cm³/mol. The van der Waals surface area contributed by atoms with Crippen molar-refractivity contribution in [3.05, 3.63) is 47.3 Å². The fourth-order valence-electron chi connectivity index (χ4n) is 4.57. The van der Waals surface area contributed by atoms with Gasteiger partial charge in [-0.2, -0.15) is 17.5 Å². The van der Waals surface area contributed by atoms with E-state index in [0.717, 1.165) is 20.0 Å². The largest absolute Gasteiger partial charge is 0.421 e. The highest BCUT2D eigenvalue weighted by Gasteiger charge is 2.51. The summed E-state index contributed by atoms with van der Waals surface area (Å²) in [6.07, 6.45) is -4.73. The number of benzene rings is 1. The number of halogens is 3. The van der Waals surface area contributed by atoms with Crippen molar-refractivity contribution in [2.45, 2.75) is 42.0 Å². The number of piperazine rings is 1. The summed E-state index contributed by atoms with van der Waals surface area (Å²) in [6.45, 7) is 6.26. The lowest BCUT2D eigenvalue weighted by Gasteiger charge is -2.45. The molecule has 2 saturated heterocycles. The van der Waals surface area contributed by atoms with Crippen LogP contribution in [0, 0.1) is 0 Å².